The Morgan fingerprint density at radius 2 is 1.69 bits per heavy atom. The fourth-order valence-electron chi connectivity index (χ4n) is 3.76. The SMILES string of the molecule is CCNC(=O)[C@H](C)N(Cc1ccc(Cl)c(Cl)c1)C(=O)CN(c1cccc2ccccc12)S(C)(=O)=O. The van der Waals surface area contributed by atoms with Gasteiger partial charge in [0.1, 0.15) is 12.6 Å². The normalized spacial score (nSPS) is 12.3. The largest absolute Gasteiger partial charge is 0.355 e. The van der Waals surface area contributed by atoms with Crippen LogP contribution < -0.4 is 9.62 Å². The summed E-state index contributed by atoms with van der Waals surface area (Å²) in [5.74, 6) is -0.884. The maximum absolute atomic E-state index is 13.6. The van der Waals surface area contributed by atoms with Crippen molar-refractivity contribution in [2.45, 2.75) is 26.4 Å². The predicted octanol–water partition coefficient (Wildman–Crippen LogP) is 4.47. The molecule has 0 heterocycles. The van der Waals surface area contributed by atoms with Gasteiger partial charge in [-0.15, -0.1) is 0 Å². The molecule has 0 aromatic heterocycles. The number of sulfonamides is 1. The molecular formula is C25H27Cl2N3O4S. The second kappa shape index (κ2) is 11.3. The number of nitrogens with zero attached hydrogens (tertiary/aromatic N) is 2. The molecule has 35 heavy (non-hydrogen) atoms. The minimum Gasteiger partial charge on any atom is -0.355 e. The quantitative estimate of drug-likeness (QED) is 0.438. The van der Waals surface area contributed by atoms with E-state index in [0.717, 1.165) is 15.9 Å². The van der Waals surface area contributed by atoms with Crippen LogP contribution in [0.4, 0.5) is 5.69 Å². The van der Waals surface area contributed by atoms with E-state index in [0.29, 0.717) is 33.2 Å². The van der Waals surface area contributed by atoms with E-state index in [1.54, 1.807) is 50.2 Å². The van der Waals surface area contributed by atoms with Gasteiger partial charge in [0.25, 0.3) is 0 Å². The zero-order chi connectivity index (χ0) is 25.8. The van der Waals surface area contributed by atoms with E-state index >= 15 is 0 Å². The van der Waals surface area contributed by atoms with Crippen LogP contribution in [0.2, 0.25) is 10.0 Å². The van der Waals surface area contributed by atoms with Crippen LogP contribution in [0.1, 0.15) is 19.4 Å². The third-order valence-electron chi connectivity index (χ3n) is 5.57. The molecule has 0 saturated heterocycles. The maximum Gasteiger partial charge on any atom is 0.244 e. The maximum atomic E-state index is 13.6. The Balaban J connectivity index is 2.00. The van der Waals surface area contributed by atoms with Gasteiger partial charge in [-0.2, -0.15) is 0 Å². The van der Waals surface area contributed by atoms with Crippen molar-refractivity contribution < 1.29 is 18.0 Å². The second-order valence-electron chi connectivity index (χ2n) is 8.11. The minimum atomic E-state index is -3.83. The molecule has 0 radical (unpaired) electrons. The molecule has 7 nitrogen and oxygen atoms in total. The second-order valence-corrected chi connectivity index (χ2v) is 10.8. The summed E-state index contributed by atoms with van der Waals surface area (Å²) in [5, 5.41) is 4.93. The first-order chi connectivity index (χ1) is 16.5. The first kappa shape index (κ1) is 26.8. The minimum absolute atomic E-state index is 0.0428. The van der Waals surface area contributed by atoms with Crippen molar-refractivity contribution in [3.05, 3.63) is 76.3 Å². The van der Waals surface area contributed by atoms with Crippen molar-refractivity contribution in [2.24, 2.45) is 0 Å². The first-order valence-corrected chi connectivity index (χ1v) is 13.6. The molecule has 0 spiro atoms. The first-order valence-electron chi connectivity index (χ1n) is 11.0. The molecule has 0 aliphatic carbocycles. The molecule has 2 amide bonds. The molecule has 1 atom stereocenters. The van der Waals surface area contributed by atoms with Crippen molar-refractivity contribution in [3.8, 4) is 0 Å². The van der Waals surface area contributed by atoms with Crippen LogP contribution in [-0.4, -0.2) is 50.5 Å². The van der Waals surface area contributed by atoms with Crippen molar-refractivity contribution in [1.29, 1.82) is 0 Å². The van der Waals surface area contributed by atoms with Crippen LogP contribution in [0.5, 0.6) is 0 Å². The van der Waals surface area contributed by atoms with Crippen molar-refractivity contribution in [2.75, 3.05) is 23.7 Å². The molecule has 3 rings (SSSR count). The average Bonchev–Trinajstić information content (AvgIpc) is 2.81. The van der Waals surface area contributed by atoms with Crippen molar-refractivity contribution >= 4 is 61.5 Å². The fraction of sp³-hybridized carbons (Fsp3) is 0.280. The summed E-state index contributed by atoms with van der Waals surface area (Å²) in [6.07, 6.45) is 1.05. The molecule has 3 aromatic rings. The molecule has 0 aliphatic heterocycles. The van der Waals surface area contributed by atoms with Gasteiger partial charge in [-0.05, 0) is 43.0 Å². The van der Waals surface area contributed by atoms with Crippen LogP contribution in [0.3, 0.4) is 0 Å². The highest BCUT2D eigenvalue weighted by atomic mass is 35.5. The number of rotatable bonds is 9. The van der Waals surface area contributed by atoms with Gasteiger partial charge in [0, 0.05) is 18.5 Å². The number of fused-ring (bicyclic) bond motifs is 1. The smallest absolute Gasteiger partial charge is 0.244 e. The summed E-state index contributed by atoms with van der Waals surface area (Å²) in [6, 6.07) is 16.7. The molecule has 0 aliphatic rings. The highest BCUT2D eigenvalue weighted by Crippen LogP contribution is 2.29. The summed E-state index contributed by atoms with van der Waals surface area (Å²) in [6.45, 7) is 3.34. The van der Waals surface area contributed by atoms with E-state index < -0.39 is 28.5 Å². The molecule has 0 saturated carbocycles. The number of halogens is 2. The lowest BCUT2D eigenvalue weighted by Crippen LogP contribution is -2.51. The fourth-order valence-corrected chi connectivity index (χ4v) is 4.94. The van der Waals surface area contributed by atoms with E-state index in [1.807, 2.05) is 24.3 Å². The van der Waals surface area contributed by atoms with Crippen molar-refractivity contribution in [1.82, 2.24) is 10.2 Å². The molecule has 0 bridgehead atoms. The third-order valence-corrected chi connectivity index (χ3v) is 7.44. The Bertz CT molecular complexity index is 1340. The van der Waals surface area contributed by atoms with Gasteiger partial charge in [0.05, 0.1) is 22.0 Å². The molecular weight excluding hydrogens is 509 g/mol. The van der Waals surface area contributed by atoms with Crippen molar-refractivity contribution in [3.63, 3.8) is 0 Å². The van der Waals surface area contributed by atoms with E-state index in [4.69, 9.17) is 23.2 Å². The Kier molecular flexibility index (Phi) is 8.64. The highest BCUT2D eigenvalue weighted by molar-refractivity contribution is 7.92. The molecule has 0 unspecified atom stereocenters. The van der Waals surface area contributed by atoms with Gasteiger partial charge in [-0.25, -0.2) is 8.42 Å². The number of benzene rings is 3. The Labute approximate surface area is 215 Å². The summed E-state index contributed by atoms with van der Waals surface area (Å²) in [4.78, 5) is 27.6. The summed E-state index contributed by atoms with van der Waals surface area (Å²) < 4.78 is 26.7. The number of hydrogen-bond donors (Lipinski definition) is 1. The van der Waals surface area contributed by atoms with Crippen LogP contribution in [0, 0.1) is 0 Å². The number of anilines is 1. The van der Waals surface area contributed by atoms with Crippen LogP contribution in [-0.2, 0) is 26.2 Å². The van der Waals surface area contributed by atoms with Crippen LogP contribution >= 0.6 is 23.2 Å². The average molecular weight is 536 g/mol. The van der Waals surface area contributed by atoms with Crippen LogP contribution in [0.15, 0.2) is 60.7 Å². The lowest BCUT2D eigenvalue weighted by Gasteiger charge is -2.31. The number of nitrogens with one attached hydrogen (secondary N) is 1. The highest BCUT2D eigenvalue weighted by Gasteiger charge is 2.30. The van der Waals surface area contributed by atoms with E-state index in [9.17, 15) is 18.0 Å². The van der Waals surface area contributed by atoms with Gasteiger partial charge in [-0.3, -0.25) is 13.9 Å². The van der Waals surface area contributed by atoms with Gasteiger partial charge >= 0.3 is 0 Å². The lowest BCUT2D eigenvalue weighted by atomic mass is 10.1. The number of likely N-dealkylation sites (N-methyl/N-ethyl adjacent to an activating group) is 1. The van der Waals surface area contributed by atoms with Crippen LogP contribution in [0.25, 0.3) is 10.8 Å². The molecule has 3 aromatic carbocycles. The Morgan fingerprint density at radius 1 is 1.00 bits per heavy atom. The monoisotopic (exact) mass is 535 g/mol. The topological polar surface area (TPSA) is 86.8 Å². The molecule has 1 N–H and O–H groups in total. The van der Waals surface area contributed by atoms with E-state index in [2.05, 4.69) is 5.32 Å². The summed E-state index contributed by atoms with van der Waals surface area (Å²) in [5.41, 5.74) is 1.04. The number of amides is 2. The van der Waals surface area contributed by atoms with Gasteiger partial charge < -0.3 is 10.2 Å². The van der Waals surface area contributed by atoms with Gasteiger partial charge in [0.15, 0.2) is 0 Å². The molecule has 10 heteroatoms. The predicted molar refractivity (Wildman–Crippen MR) is 141 cm³/mol. The zero-order valence-corrected chi connectivity index (χ0v) is 22.0. The Hall–Kier alpha value is -2.81. The van der Waals surface area contributed by atoms with Gasteiger partial charge in [-0.1, -0.05) is 65.7 Å². The van der Waals surface area contributed by atoms with E-state index in [1.165, 1.54) is 4.90 Å². The standard InChI is InChI=1S/C25H27Cl2N3O4S/c1-4-28-25(32)17(2)29(15-18-12-13-21(26)22(27)14-18)24(31)16-30(35(3,33)34)23-11-7-9-19-8-5-6-10-20(19)23/h5-14,17H,4,15-16H2,1-3H3,(H,28,32)/t17-/m0/s1. The van der Waals surface area contributed by atoms with Gasteiger partial charge in [0.2, 0.25) is 21.8 Å². The summed E-state index contributed by atoms with van der Waals surface area (Å²) in [7, 11) is -3.83. The number of hydrogen-bond acceptors (Lipinski definition) is 4. The summed E-state index contributed by atoms with van der Waals surface area (Å²) >= 11 is 12.2. The number of carbonyl (C=O) groups excluding carboxylic acids is 2. The molecule has 0 fully saturated rings. The number of carbonyl (C=O) groups is 2. The third kappa shape index (κ3) is 6.45. The molecule has 186 valence electrons. The lowest BCUT2D eigenvalue weighted by molar-refractivity contribution is -0.139. The van der Waals surface area contributed by atoms with E-state index in [-0.39, 0.29) is 12.5 Å². The Morgan fingerprint density at radius 3 is 2.34 bits per heavy atom. The zero-order valence-electron chi connectivity index (χ0n) is 19.7.